The molecule has 2 amide bonds. The molecule has 1 heterocycles. The number of likely N-dealkylation sites (tertiary alicyclic amines) is 1. The highest BCUT2D eigenvalue weighted by Gasteiger charge is 2.23. The Morgan fingerprint density at radius 3 is 2.75 bits per heavy atom. The van der Waals surface area contributed by atoms with E-state index >= 15 is 0 Å². The Labute approximate surface area is 120 Å². The van der Waals surface area contributed by atoms with Gasteiger partial charge in [0.05, 0.1) is 17.8 Å². The van der Waals surface area contributed by atoms with Gasteiger partial charge in [-0.1, -0.05) is 11.6 Å². The number of carbonyl (C=O) groups is 3. The Morgan fingerprint density at radius 1 is 1.40 bits per heavy atom. The van der Waals surface area contributed by atoms with Gasteiger partial charge in [-0.05, 0) is 24.6 Å². The van der Waals surface area contributed by atoms with Gasteiger partial charge >= 0.3 is 5.97 Å². The van der Waals surface area contributed by atoms with E-state index in [1.54, 1.807) is 0 Å². The van der Waals surface area contributed by atoms with Gasteiger partial charge in [0.2, 0.25) is 11.8 Å². The second-order valence-corrected chi connectivity index (χ2v) is 4.90. The lowest BCUT2D eigenvalue weighted by Crippen LogP contribution is -2.34. The SMILES string of the molecule is O=C(CN1CCCC1=O)Nc1ccc(Cl)cc1C(=O)O. The van der Waals surface area contributed by atoms with Crippen LogP contribution in [0.25, 0.3) is 0 Å². The maximum absolute atomic E-state index is 11.8. The van der Waals surface area contributed by atoms with E-state index < -0.39 is 11.9 Å². The van der Waals surface area contributed by atoms with Gasteiger partial charge in [0.15, 0.2) is 0 Å². The van der Waals surface area contributed by atoms with E-state index in [0.717, 1.165) is 6.42 Å². The molecule has 1 aromatic rings. The van der Waals surface area contributed by atoms with Crippen molar-refractivity contribution in [2.45, 2.75) is 12.8 Å². The lowest BCUT2D eigenvalue weighted by atomic mass is 10.2. The summed E-state index contributed by atoms with van der Waals surface area (Å²) in [6.45, 7) is 0.485. The average molecular weight is 297 g/mol. The number of halogens is 1. The van der Waals surface area contributed by atoms with Crippen LogP contribution in [0, 0.1) is 0 Å². The van der Waals surface area contributed by atoms with Crippen LogP contribution in [-0.2, 0) is 9.59 Å². The molecule has 0 unspecified atom stereocenters. The summed E-state index contributed by atoms with van der Waals surface area (Å²) >= 11 is 5.73. The quantitative estimate of drug-likeness (QED) is 0.883. The van der Waals surface area contributed by atoms with Crippen molar-refractivity contribution in [1.29, 1.82) is 0 Å². The molecule has 106 valence electrons. The molecule has 0 bridgehead atoms. The fraction of sp³-hybridized carbons (Fsp3) is 0.308. The summed E-state index contributed by atoms with van der Waals surface area (Å²) in [6, 6.07) is 4.18. The van der Waals surface area contributed by atoms with E-state index in [4.69, 9.17) is 16.7 Å². The van der Waals surface area contributed by atoms with E-state index in [1.807, 2.05) is 0 Å². The third-order valence-corrected chi connectivity index (χ3v) is 3.23. The number of benzene rings is 1. The Balaban J connectivity index is 2.07. The van der Waals surface area contributed by atoms with Gasteiger partial charge in [-0.3, -0.25) is 9.59 Å². The fourth-order valence-electron chi connectivity index (χ4n) is 2.04. The molecule has 0 saturated carbocycles. The molecule has 6 nitrogen and oxygen atoms in total. The van der Waals surface area contributed by atoms with Crippen molar-refractivity contribution in [3.8, 4) is 0 Å². The number of nitrogens with one attached hydrogen (secondary N) is 1. The van der Waals surface area contributed by atoms with Crippen molar-refractivity contribution in [2.75, 3.05) is 18.4 Å². The summed E-state index contributed by atoms with van der Waals surface area (Å²) in [5, 5.41) is 11.8. The van der Waals surface area contributed by atoms with E-state index in [2.05, 4.69) is 5.32 Å². The number of rotatable bonds is 4. The molecule has 1 fully saturated rings. The third kappa shape index (κ3) is 3.27. The van der Waals surface area contributed by atoms with Gasteiger partial charge in [-0.25, -0.2) is 4.79 Å². The smallest absolute Gasteiger partial charge is 0.337 e. The van der Waals surface area contributed by atoms with E-state index in [1.165, 1.54) is 23.1 Å². The zero-order valence-electron chi connectivity index (χ0n) is 10.6. The lowest BCUT2D eigenvalue weighted by Gasteiger charge is -2.15. The topological polar surface area (TPSA) is 86.7 Å². The molecule has 1 saturated heterocycles. The molecule has 1 aromatic carbocycles. The minimum absolute atomic E-state index is 0.0604. The molecule has 20 heavy (non-hydrogen) atoms. The van der Waals surface area contributed by atoms with Crippen LogP contribution in [0.3, 0.4) is 0 Å². The predicted octanol–water partition coefficient (Wildman–Crippen LogP) is 1.60. The van der Waals surface area contributed by atoms with E-state index in [9.17, 15) is 14.4 Å². The number of carboxylic acid groups (broad SMARTS) is 1. The van der Waals surface area contributed by atoms with Crippen molar-refractivity contribution in [3.63, 3.8) is 0 Å². The molecule has 1 aliphatic heterocycles. The number of amides is 2. The van der Waals surface area contributed by atoms with Crippen molar-refractivity contribution < 1.29 is 19.5 Å². The minimum Gasteiger partial charge on any atom is -0.478 e. The zero-order chi connectivity index (χ0) is 14.7. The number of carbonyl (C=O) groups excluding carboxylic acids is 2. The Hall–Kier alpha value is -2.08. The summed E-state index contributed by atoms with van der Waals surface area (Å²) in [4.78, 5) is 35.8. The molecular weight excluding hydrogens is 284 g/mol. The van der Waals surface area contributed by atoms with Crippen molar-refractivity contribution >= 4 is 35.1 Å². The van der Waals surface area contributed by atoms with Crippen LogP contribution in [0.15, 0.2) is 18.2 Å². The van der Waals surface area contributed by atoms with Gasteiger partial charge in [0.1, 0.15) is 0 Å². The lowest BCUT2D eigenvalue weighted by molar-refractivity contribution is -0.131. The maximum Gasteiger partial charge on any atom is 0.337 e. The first kappa shape index (κ1) is 14.3. The molecule has 2 rings (SSSR count). The first-order valence-corrected chi connectivity index (χ1v) is 6.45. The fourth-order valence-corrected chi connectivity index (χ4v) is 2.21. The number of carboxylic acids is 1. The maximum atomic E-state index is 11.8. The molecule has 2 N–H and O–H groups in total. The summed E-state index contributed by atoms with van der Waals surface area (Å²) in [7, 11) is 0. The molecule has 0 radical (unpaired) electrons. The van der Waals surface area contributed by atoms with Crippen LogP contribution in [0.5, 0.6) is 0 Å². The van der Waals surface area contributed by atoms with Crippen LogP contribution in [0.2, 0.25) is 5.02 Å². The normalized spacial score (nSPS) is 14.4. The highest BCUT2D eigenvalue weighted by Crippen LogP contribution is 2.21. The highest BCUT2D eigenvalue weighted by molar-refractivity contribution is 6.31. The number of hydrogen-bond donors (Lipinski definition) is 2. The molecule has 0 aromatic heterocycles. The number of anilines is 1. The van der Waals surface area contributed by atoms with Crippen LogP contribution in [-0.4, -0.2) is 40.9 Å². The molecule has 0 atom stereocenters. The van der Waals surface area contributed by atoms with Crippen LogP contribution in [0.4, 0.5) is 5.69 Å². The van der Waals surface area contributed by atoms with Crippen LogP contribution >= 0.6 is 11.6 Å². The zero-order valence-corrected chi connectivity index (χ0v) is 11.3. The number of aromatic carboxylic acids is 1. The number of hydrogen-bond acceptors (Lipinski definition) is 3. The van der Waals surface area contributed by atoms with E-state index in [-0.39, 0.29) is 28.7 Å². The second-order valence-electron chi connectivity index (χ2n) is 4.46. The first-order valence-electron chi connectivity index (χ1n) is 6.08. The van der Waals surface area contributed by atoms with Crippen LogP contribution < -0.4 is 5.32 Å². The van der Waals surface area contributed by atoms with Crippen molar-refractivity contribution in [3.05, 3.63) is 28.8 Å². The Bertz CT molecular complexity index is 573. The monoisotopic (exact) mass is 296 g/mol. The van der Waals surface area contributed by atoms with Crippen molar-refractivity contribution in [1.82, 2.24) is 4.90 Å². The minimum atomic E-state index is -1.18. The average Bonchev–Trinajstić information content (AvgIpc) is 2.77. The predicted molar refractivity (Wildman–Crippen MR) is 72.9 cm³/mol. The van der Waals surface area contributed by atoms with Gasteiger partial charge < -0.3 is 15.3 Å². The third-order valence-electron chi connectivity index (χ3n) is 2.99. The standard InChI is InChI=1S/C13H13ClN2O4/c14-8-3-4-10(9(6-8)13(19)20)15-11(17)7-16-5-1-2-12(16)18/h3-4,6H,1-2,5,7H2,(H,15,17)(H,19,20). The molecule has 1 aliphatic rings. The van der Waals surface area contributed by atoms with Crippen LogP contribution in [0.1, 0.15) is 23.2 Å². The Morgan fingerprint density at radius 2 is 2.15 bits per heavy atom. The molecular formula is C13H13ClN2O4. The van der Waals surface area contributed by atoms with Crippen molar-refractivity contribution in [2.24, 2.45) is 0 Å². The van der Waals surface area contributed by atoms with Gasteiger partial charge in [-0.15, -0.1) is 0 Å². The van der Waals surface area contributed by atoms with Gasteiger partial charge in [-0.2, -0.15) is 0 Å². The van der Waals surface area contributed by atoms with Gasteiger partial charge in [0, 0.05) is 18.0 Å². The summed E-state index contributed by atoms with van der Waals surface area (Å²) in [5.74, 6) is -1.67. The summed E-state index contributed by atoms with van der Waals surface area (Å²) in [6.07, 6.45) is 1.20. The summed E-state index contributed by atoms with van der Waals surface area (Å²) in [5.41, 5.74) is 0.0807. The largest absolute Gasteiger partial charge is 0.478 e. The molecule has 7 heteroatoms. The molecule has 0 aliphatic carbocycles. The Kier molecular flexibility index (Phi) is 4.24. The number of nitrogens with zero attached hydrogens (tertiary/aromatic N) is 1. The highest BCUT2D eigenvalue weighted by atomic mass is 35.5. The first-order chi connectivity index (χ1) is 9.47. The van der Waals surface area contributed by atoms with E-state index in [0.29, 0.717) is 13.0 Å². The molecule has 0 spiro atoms. The second kappa shape index (κ2) is 5.92. The summed E-state index contributed by atoms with van der Waals surface area (Å²) < 4.78 is 0. The van der Waals surface area contributed by atoms with Gasteiger partial charge in [0.25, 0.3) is 0 Å².